The first-order valence-electron chi connectivity index (χ1n) is 3.93. The van der Waals surface area contributed by atoms with Gasteiger partial charge >= 0.3 is 5.97 Å². The minimum atomic E-state index is -0.254. The molecule has 1 aromatic heterocycles. The van der Waals surface area contributed by atoms with Crippen molar-refractivity contribution in [2.24, 2.45) is 0 Å². The van der Waals surface area contributed by atoms with E-state index in [2.05, 4.69) is 20.3 Å². The Labute approximate surface area is 90.3 Å². The zero-order chi connectivity index (χ0) is 10.6. The van der Waals surface area contributed by atoms with E-state index in [4.69, 9.17) is 0 Å². The van der Waals surface area contributed by atoms with E-state index >= 15 is 0 Å². The summed E-state index contributed by atoms with van der Waals surface area (Å²) in [6, 6.07) is 0. The molecule has 0 fully saturated rings. The largest absolute Gasteiger partial charge is 0.468 e. The number of hydrogen-bond acceptors (Lipinski definition) is 7. The lowest BCUT2D eigenvalue weighted by Crippen LogP contribution is -2.14. The fraction of sp³-hybridized carbons (Fsp3) is 0.571. The van der Waals surface area contributed by atoms with Crippen molar-refractivity contribution >= 4 is 34.2 Å². The van der Waals surface area contributed by atoms with Crippen molar-refractivity contribution in [1.82, 2.24) is 10.2 Å². The number of esters is 1. The highest BCUT2D eigenvalue weighted by atomic mass is 32.2. The summed E-state index contributed by atoms with van der Waals surface area (Å²) < 4.78 is 5.36. The van der Waals surface area contributed by atoms with Crippen molar-refractivity contribution in [3.05, 3.63) is 0 Å². The van der Waals surface area contributed by atoms with Crippen molar-refractivity contribution in [2.75, 3.05) is 19.5 Å². The monoisotopic (exact) mass is 233 g/mol. The molecular weight excluding hydrogens is 222 g/mol. The van der Waals surface area contributed by atoms with Gasteiger partial charge in [0.1, 0.15) is 5.25 Å². The number of nitrogens with one attached hydrogen (secondary N) is 1. The number of ether oxygens (including phenoxy) is 1. The first-order chi connectivity index (χ1) is 6.67. The van der Waals surface area contributed by atoms with Crippen LogP contribution < -0.4 is 5.32 Å². The van der Waals surface area contributed by atoms with Gasteiger partial charge in [0.05, 0.1) is 7.11 Å². The summed E-state index contributed by atoms with van der Waals surface area (Å²) in [6.07, 6.45) is 0. The van der Waals surface area contributed by atoms with Gasteiger partial charge in [0.15, 0.2) is 4.34 Å². The van der Waals surface area contributed by atoms with Gasteiger partial charge in [-0.15, -0.1) is 10.2 Å². The molecule has 1 unspecified atom stereocenters. The maximum absolute atomic E-state index is 11.1. The standard InChI is InChI=1S/C7H11N3O2S2/c1-4(5(11)12-3)13-7-10-9-6(8-2)14-7/h4H,1-3H3,(H,8,9). The molecule has 5 nitrogen and oxygen atoms in total. The zero-order valence-corrected chi connectivity index (χ0v) is 9.74. The molecule has 0 aromatic carbocycles. The molecular formula is C7H11N3O2S2. The molecule has 0 radical (unpaired) electrons. The lowest BCUT2D eigenvalue weighted by molar-refractivity contribution is -0.139. The van der Waals surface area contributed by atoms with Gasteiger partial charge in [-0.05, 0) is 6.92 Å². The van der Waals surface area contributed by atoms with Crippen LogP contribution in [0.25, 0.3) is 0 Å². The lowest BCUT2D eigenvalue weighted by Gasteiger charge is -2.04. The Kier molecular flexibility index (Phi) is 4.15. The highest BCUT2D eigenvalue weighted by Crippen LogP contribution is 2.28. The summed E-state index contributed by atoms with van der Waals surface area (Å²) in [5.74, 6) is -0.254. The fourth-order valence-corrected chi connectivity index (χ4v) is 2.60. The van der Waals surface area contributed by atoms with Gasteiger partial charge in [-0.1, -0.05) is 23.1 Å². The average Bonchev–Trinajstić information content (AvgIpc) is 2.64. The second-order valence-corrected chi connectivity index (χ2v) is 4.97. The number of rotatable bonds is 4. The molecule has 14 heavy (non-hydrogen) atoms. The summed E-state index contributed by atoms with van der Waals surface area (Å²) in [4.78, 5) is 11.1. The number of aromatic nitrogens is 2. The molecule has 0 aliphatic heterocycles. The predicted molar refractivity (Wildman–Crippen MR) is 56.8 cm³/mol. The van der Waals surface area contributed by atoms with Crippen LogP contribution in [0.4, 0.5) is 5.13 Å². The van der Waals surface area contributed by atoms with E-state index in [1.807, 2.05) is 0 Å². The third-order valence-corrected chi connectivity index (χ3v) is 3.53. The molecule has 78 valence electrons. The van der Waals surface area contributed by atoms with Gasteiger partial charge in [-0.25, -0.2) is 0 Å². The zero-order valence-electron chi connectivity index (χ0n) is 8.10. The minimum absolute atomic E-state index is 0.252. The van der Waals surface area contributed by atoms with Gasteiger partial charge < -0.3 is 10.1 Å². The number of hydrogen-bond donors (Lipinski definition) is 1. The summed E-state index contributed by atoms with van der Waals surface area (Å²) in [7, 11) is 3.15. The predicted octanol–water partition coefficient (Wildman–Crippen LogP) is 1.23. The van der Waals surface area contributed by atoms with E-state index in [1.165, 1.54) is 30.2 Å². The van der Waals surface area contributed by atoms with E-state index in [0.29, 0.717) is 0 Å². The first-order valence-corrected chi connectivity index (χ1v) is 5.62. The van der Waals surface area contributed by atoms with Crippen LogP contribution in [-0.2, 0) is 9.53 Å². The van der Waals surface area contributed by atoms with Gasteiger partial charge in [-0.3, -0.25) is 4.79 Å². The summed E-state index contributed by atoms with van der Waals surface area (Å²) in [5, 5.41) is 11.1. The Balaban J connectivity index is 2.55. The number of anilines is 1. The number of thioether (sulfide) groups is 1. The molecule has 7 heteroatoms. The van der Waals surface area contributed by atoms with Gasteiger partial charge in [-0.2, -0.15) is 0 Å². The normalized spacial score (nSPS) is 12.2. The second kappa shape index (κ2) is 5.16. The van der Waals surface area contributed by atoms with E-state index < -0.39 is 0 Å². The van der Waals surface area contributed by atoms with Crippen LogP contribution in [0.2, 0.25) is 0 Å². The van der Waals surface area contributed by atoms with Crippen LogP contribution in [-0.4, -0.2) is 35.6 Å². The van der Waals surface area contributed by atoms with Crippen LogP contribution in [0, 0.1) is 0 Å². The molecule has 1 atom stereocenters. The number of carbonyl (C=O) groups is 1. The molecule has 0 aliphatic carbocycles. The summed E-state index contributed by atoms with van der Waals surface area (Å²) in [5.41, 5.74) is 0. The molecule has 0 amide bonds. The lowest BCUT2D eigenvalue weighted by atomic mass is 10.5. The van der Waals surface area contributed by atoms with Gasteiger partial charge in [0, 0.05) is 7.05 Å². The Morgan fingerprint density at radius 3 is 2.86 bits per heavy atom. The van der Waals surface area contributed by atoms with E-state index in [0.717, 1.165) is 9.47 Å². The minimum Gasteiger partial charge on any atom is -0.468 e. The second-order valence-electron chi connectivity index (χ2n) is 2.41. The van der Waals surface area contributed by atoms with Crippen LogP contribution in [0.5, 0.6) is 0 Å². The maximum Gasteiger partial charge on any atom is 0.318 e. The van der Waals surface area contributed by atoms with Crippen molar-refractivity contribution in [3.8, 4) is 0 Å². The molecule has 1 rings (SSSR count). The smallest absolute Gasteiger partial charge is 0.318 e. The maximum atomic E-state index is 11.1. The molecule has 0 saturated carbocycles. The molecule has 1 heterocycles. The number of nitrogens with zero attached hydrogens (tertiary/aromatic N) is 2. The van der Waals surface area contributed by atoms with Crippen LogP contribution in [0.15, 0.2) is 4.34 Å². The Morgan fingerprint density at radius 2 is 2.36 bits per heavy atom. The third kappa shape index (κ3) is 2.85. The molecule has 1 aromatic rings. The Morgan fingerprint density at radius 1 is 1.64 bits per heavy atom. The van der Waals surface area contributed by atoms with Crippen LogP contribution >= 0.6 is 23.1 Å². The quantitative estimate of drug-likeness (QED) is 0.623. The van der Waals surface area contributed by atoms with Gasteiger partial charge in [0.2, 0.25) is 5.13 Å². The van der Waals surface area contributed by atoms with Crippen molar-refractivity contribution in [3.63, 3.8) is 0 Å². The molecule has 0 saturated heterocycles. The summed E-state index contributed by atoms with van der Waals surface area (Å²) in [6.45, 7) is 1.77. The van der Waals surface area contributed by atoms with Crippen molar-refractivity contribution in [2.45, 2.75) is 16.5 Å². The first kappa shape index (κ1) is 11.3. The van der Waals surface area contributed by atoms with E-state index in [-0.39, 0.29) is 11.2 Å². The van der Waals surface area contributed by atoms with E-state index in [1.54, 1.807) is 14.0 Å². The molecule has 0 spiro atoms. The topological polar surface area (TPSA) is 64.1 Å². The fourth-order valence-electron chi connectivity index (χ4n) is 0.724. The number of carbonyl (C=O) groups excluding carboxylic acids is 1. The third-order valence-electron chi connectivity index (χ3n) is 1.43. The highest BCUT2D eigenvalue weighted by Gasteiger charge is 2.16. The van der Waals surface area contributed by atoms with Gasteiger partial charge in [0.25, 0.3) is 0 Å². The average molecular weight is 233 g/mol. The highest BCUT2D eigenvalue weighted by molar-refractivity contribution is 8.02. The number of methoxy groups -OCH3 is 1. The molecule has 0 aliphatic rings. The Bertz CT molecular complexity index is 316. The SMILES string of the molecule is CNc1nnc(SC(C)C(=O)OC)s1. The molecule has 1 N–H and O–H groups in total. The van der Waals surface area contributed by atoms with Crippen LogP contribution in [0.1, 0.15) is 6.92 Å². The van der Waals surface area contributed by atoms with Crippen molar-refractivity contribution < 1.29 is 9.53 Å². The Hall–Kier alpha value is -0.820. The van der Waals surface area contributed by atoms with Crippen LogP contribution in [0.3, 0.4) is 0 Å². The molecule has 0 bridgehead atoms. The summed E-state index contributed by atoms with van der Waals surface area (Å²) >= 11 is 2.75. The van der Waals surface area contributed by atoms with E-state index in [9.17, 15) is 4.79 Å². The van der Waals surface area contributed by atoms with Crippen molar-refractivity contribution in [1.29, 1.82) is 0 Å².